The molecule has 2 aliphatic rings. The maximum Gasteiger partial charge on any atom is 0.226 e. The number of hydrogen-bond acceptors (Lipinski definition) is 5. The summed E-state index contributed by atoms with van der Waals surface area (Å²) >= 11 is 0. The molecule has 0 radical (unpaired) electrons. The van der Waals surface area contributed by atoms with E-state index < -0.39 is 11.9 Å². The van der Waals surface area contributed by atoms with E-state index in [0.717, 1.165) is 24.1 Å². The van der Waals surface area contributed by atoms with Crippen molar-refractivity contribution in [3.8, 4) is 17.1 Å². The number of halogens is 1. The summed E-state index contributed by atoms with van der Waals surface area (Å²) in [6.45, 7) is 0. The molecule has 1 unspecified atom stereocenters. The zero-order chi connectivity index (χ0) is 19.3. The van der Waals surface area contributed by atoms with E-state index in [1.165, 1.54) is 6.07 Å². The van der Waals surface area contributed by atoms with Gasteiger partial charge in [-0.15, -0.1) is 5.10 Å². The third-order valence-corrected chi connectivity index (χ3v) is 5.19. The van der Waals surface area contributed by atoms with Crippen molar-refractivity contribution >= 4 is 11.7 Å². The Hall–Kier alpha value is -3.48. The molecule has 0 spiro atoms. The third kappa shape index (κ3) is 2.58. The van der Waals surface area contributed by atoms with Crippen LogP contribution in [0.25, 0.3) is 11.4 Å². The van der Waals surface area contributed by atoms with Crippen LogP contribution in [0.5, 0.6) is 5.75 Å². The van der Waals surface area contributed by atoms with Gasteiger partial charge in [0.2, 0.25) is 5.95 Å². The second kappa shape index (κ2) is 6.30. The highest BCUT2D eigenvalue weighted by molar-refractivity contribution is 5.99. The molecular formula is C21H17FN4O2. The Morgan fingerprint density at radius 1 is 1.11 bits per heavy atom. The number of aromatic hydroxyl groups is 1. The van der Waals surface area contributed by atoms with Crippen LogP contribution in [0.4, 0.5) is 10.3 Å². The molecule has 2 heterocycles. The van der Waals surface area contributed by atoms with Crippen molar-refractivity contribution in [3.63, 3.8) is 0 Å². The number of benzene rings is 2. The molecule has 2 aromatic carbocycles. The molecule has 0 bridgehead atoms. The molecular weight excluding hydrogens is 359 g/mol. The van der Waals surface area contributed by atoms with Crippen molar-refractivity contribution in [1.82, 2.24) is 14.8 Å². The number of anilines is 1. The Morgan fingerprint density at radius 3 is 2.68 bits per heavy atom. The molecule has 7 heteroatoms. The molecule has 28 heavy (non-hydrogen) atoms. The minimum absolute atomic E-state index is 0.0698. The molecule has 1 aliphatic heterocycles. The SMILES string of the molecule is O=C1CCCC2=C1C(c1ccc(O)cc1)n1nc(-c3ccccc3F)nc1N2. The van der Waals surface area contributed by atoms with Crippen LogP contribution in [0.3, 0.4) is 0 Å². The highest BCUT2D eigenvalue weighted by atomic mass is 19.1. The lowest BCUT2D eigenvalue weighted by atomic mass is 9.85. The first-order chi connectivity index (χ1) is 13.6. The second-order valence-electron chi connectivity index (χ2n) is 6.97. The largest absolute Gasteiger partial charge is 0.508 e. The number of phenolic OH excluding ortho intramolecular Hbond substituents is 1. The average molecular weight is 376 g/mol. The maximum absolute atomic E-state index is 14.3. The predicted octanol–water partition coefficient (Wildman–Crippen LogP) is 3.81. The number of allylic oxidation sites excluding steroid dienone is 2. The third-order valence-electron chi connectivity index (χ3n) is 5.19. The molecule has 5 rings (SSSR count). The number of nitrogens with zero attached hydrogens (tertiary/aromatic N) is 3. The van der Waals surface area contributed by atoms with Crippen LogP contribution in [0, 0.1) is 5.82 Å². The summed E-state index contributed by atoms with van der Waals surface area (Å²) in [7, 11) is 0. The van der Waals surface area contributed by atoms with Crippen LogP contribution in [0.1, 0.15) is 30.9 Å². The van der Waals surface area contributed by atoms with Gasteiger partial charge in [-0.1, -0.05) is 24.3 Å². The van der Waals surface area contributed by atoms with Gasteiger partial charge in [0, 0.05) is 17.7 Å². The number of carbonyl (C=O) groups excluding carboxylic acids is 1. The first kappa shape index (κ1) is 16.7. The second-order valence-corrected chi connectivity index (χ2v) is 6.97. The lowest BCUT2D eigenvalue weighted by Crippen LogP contribution is -2.31. The van der Waals surface area contributed by atoms with Crippen LogP contribution < -0.4 is 5.32 Å². The molecule has 140 valence electrons. The normalized spacial score (nSPS) is 18.5. The van der Waals surface area contributed by atoms with E-state index in [1.54, 1.807) is 47.1 Å². The highest BCUT2D eigenvalue weighted by Gasteiger charge is 2.37. The molecule has 0 saturated carbocycles. The summed E-state index contributed by atoms with van der Waals surface area (Å²) in [6.07, 6.45) is 2.01. The number of Topliss-reactive ketones (excluding diaryl/α,β-unsaturated/α-hetero) is 1. The predicted molar refractivity (Wildman–Crippen MR) is 101 cm³/mol. The summed E-state index contributed by atoms with van der Waals surface area (Å²) in [4.78, 5) is 17.2. The smallest absolute Gasteiger partial charge is 0.226 e. The highest BCUT2D eigenvalue weighted by Crippen LogP contribution is 2.41. The minimum Gasteiger partial charge on any atom is -0.508 e. The van der Waals surface area contributed by atoms with Gasteiger partial charge in [-0.2, -0.15) is 4.98 Å². The lowest BCUT2D eigenvalue weighted by molar-refractivity contribution is -0.116. The van der Waals surface area contributed by atoms with Crippen LogP contribution in [0.2, 0.25) is 0 Å². The van der Waals surface area contributed by atoms with Crippen molar-refractivity contribution < 1.29 is 14.3 Å². The summed E-state index contributed by atoms with van der Waals surface area (Å²) < 4.78 is 15.9. The monoisotopic (exact) mass is 376 g/mol. The Labute approximate surface area is 160 Å². The minimum atomic E-state index is -0.465. The average Bonchev–Trinajstić information content (AvgIpc) is 3.11. The van der Waals surface area contributed by atoms with Gasteiger partial charge in [-0.05, 0) is 42.7 Å². The Kier molecular flexibility index (Phi) is 3.75. The van der Waals surface area contributed by atoms with Crippen molar-refractivity contribution in [1.29, 1.82) is 0 Å². The molecule has 6 nitrogen and oxygen atoms in total. The summed E-state index contributed by atoms with van der Waals surface area (Å²) in [5.41, 5.74) is 2.62. The number of ketones is 1. The van der Waals surface area contributed by atoms with E-state index in [0.29, 0.717) is 23.5 Å². The molecule has 1 atom stereocenters. The number of aromatic nitrogens is 3. The molecule has 3 aromatic rings. The standard InChI is InChI=1S/C21H17FN4O2/c22-15-5-2-1-4-14(15)20-24-21-23-16-6-3-7-17(28)18(16)19(26(21)25-20)12-8-10-13(27)11-9-12/h1-2,4-5,8-11,19,27H,3,6-7H2,(H,23,24,25). The van der Waals surface area contributed by atoms with Gasteiger partial charge in [-0.25, -0.2) is 9.07 Å². The molecule has 1 aliphatic carbocycles. The van der Waals surface area contributed by atoms with Crippen molar-refractivity contribution in [2.75, 3.05) is 5.32 Å². The Bertz CT molecular complexity index is 1120. The number of phenols is 1. The van der Waals surface area contributed by atoms with Gasteiger partial charge >= 0.3 is 0 Å². The van der Waals surface area contributed by atoms with Gasteiger partial charge in [0.25, 0.3) is 0 Å². The van der Waals surface area contributed by atoms with Gasteiger partial charge in [0.15, 0.2) is 11.6 Å². The van der Waals surface area contributed by atoms with Crippen molar-refractivity contribution in [3.05, 3.63) is 71.2 Å². The summed E-state index contributed by atoms with van der Waals surface area (Å²) in [5, 5.41) is 17.4. The van der Waals surface area contributed by atoms with E-state index in [4.69, 9.17) is 0 Å². The Morgan fingerprint density at radius 2 is 1.89 bits per heavy atom. The zero-order valence-electron chi connectivity index (χ0n) is 14.9. The number of fused-ring (bicyclic) bond motifs is 1. The van der Waals surface area contributed by atoms with Gasteiger partial charge in [0.1, 0.15) is 17.6 Å². The van der Waals surface area contributed by atoms with Crippen LogP contribution in [-0.2, 0) is 4.79 Å². The fourth-order valence-corrected chi connectivity index (χ4v) is 3.88. The topological polar surface area (TPSA) is 80.0 Å². The van der Waals surface area contributed by atoms with Crippen LogP contribution in [0.15, 0.2) is 59.8 Å². The molecule has 0 fully saturated rings. The van der Waals surface area contributed by atoms with E-state index in [9.17, 15) is 14.3 Å². The van der Waals surface area contributed by atoms with E-state index in [2.05, 4.69) is 15.4 Å². The van der Waals surface area contributed by atoms with E-state index in [1.807, 2.05) is 0 Å². The first-order valence-electron chi connectivity index (χ1n) is 9.15. The zero-order valence-corrected chi connectivity index (χ0v) is 14.9. The number of rotatable bonds is 2. The quantitative estimate of drug-likeness (QED) is 0.711. The van der Waals surface area contributed by atoms with Gasteiger partial charge in [0.05, 0.1) is 5.56 Å². The maximum atomic E-state index is 14.3. The number of carbonyl (C=O) groups is 1. The fourth-order valence-electron chi connectivity index (χ4n) is 3.88. The molecule has 0 amide bonds. The number of nitrogens with one attached hydrogen (secondary N) is 1. The molecule has 1 aromatic heterocycles. The van der Waals surface area contributed by atoms with Gasteiger partial charge < -0.3 is 10.4 Å². The van der Waals surface area contributed by atoms with Crippen LogP contribution >= 0.6 is 0 Å². The molecule has 2 N–H and O–H groups in total. The number of hydrogen-bond donors (Lipinski definition) is 2. The first-order valence-corrected chi connectivity index (χ1v) is 9.15. The molecule has 0 saturated heterocycles. The van der Waals surface area contributed by atoms with Crippen LogP contribution in [-0.4, -0.2) is 25.7 Å². The lowest BCUT2D eigenvalue weighted by Gasteiger charge is -2.32. The Balaban J connectivity index is 1.69. The summed E-state index contributed by atoms with van der Waals surface area (Å²) in [6, 6.07) is 12.6. The van der Waals surface area contributed by atoms with Gasteiger partial charge in [-0.3, -0.25) is 4.79 Å². The summed E-state index contributed by atoms with van der Waals surface area (Å²) in [5.74, 6) is 0.551. The van der Waals surface area contributed by atoms with Crippen molar-refractivity contribution in [2.45, 2.75) is 25.3 Å². The van der Waals surface area contributed by atoms with Crippen molar-refractivity contribution in [2.24, 2.45) is 0 Å². The van der Waals surface area contributed by atoms with E-state index >= 15 is 0 Å². The fraction of sp³-hybridized carbons (Fsp3) is 0.190. The van der Waals surface area contributed by atoms with E-state index in [-0.39, 0.29) is 17.4 Å².